The van der Waals surface area contributed by atoms with E-state index in [2.05, 4.69) is 0 Å². The van der Waals surface area contributed by atoms with E-state index in [1.807, 2.05) is 6.08 Å². The third-order valence-electron chi connectivity index (χ3n) is 8.58. The molecule has 4 heterocycles. The van der Waals surface area contributed by atoms with Gasteiger partial charge in [0.1, 0.15) is 24.2 Å². The number of hydrogen-bond acceptors (Lipinski definition) is 13. The smallest absolute Gasteiger partial charge is 0.330 e. The number of carboxylic acid groups (broad SMARTS) is 1. The van der Waals surface area contributed by atoms with Gasteiger partial charge in [0.15, 0.2) is 12.1 Å². The number of aliphatic hydroxyl groups is 5. The zero-order valence-electron chi connectivity index (χ0n) is 26.4. The quantitative estimate of drug-likeness (QED) is 0.157. The summed E-state index contributed by atoms with van der Waals surface area (Å²) in [5, 5.41) is 63.9. The first-order valence-corrected chi connectivity index (χ1v) is 15.9. The van der Waals surface area contributed by atoms with Crippen LogP contribution in [-0.2, 0) is 33.3 Å². The van der Waals surface area contributed by atoms with Crippen molar-refractivity contribution in [1.29, 1.82) is 0 Å². The molecule has 0 aliphatic carbocycles. The van der Waals surface area contributed by atoms with E-state index in [1.54, 1.807) is 56.4 Å². The van der Waals surface area contributed by atoms with Crippen molar-refractivity contribution in [3.8, 4) is 0 Å². The minimum Gasteiger partial charge on any atom is -0.481 e. The Kier molecular flexibility index (Phi) is 13.1. The molecule has 47 heavy (non-hydrogen) atoms. The summed E-state index contributed by atoms with van der Waals surface area (Å²) in [6.45, 7) is 3.34. The maximum atomic E-state index is 12.3. The summed E-state index contributed by atoms with van der Waals surface area (Å²) in [6, 6.07) is -1.08. The van der Waals surface area contributed by atoms with E-state index in [1.165, 1.54) is 12.2 Å². The van der Waals surface area contributed by atoms with Crippen molar-refractivity contribution in [2.24, 2.45) is 11.7 Å². The number of ether oxygens (including phenoxy) is 5. The Hall–Kier alpha value is -2.76. The largest absolute Gasteiger partial charge is 0.481 e. The first-order chi connectivity index (χ1) is 22.3. The van der Waals surface area contributed by atoms with E-state index in [0.717, 1.165) is 0 Å². The maximum absolute atomic E-state index is 12.3. The number of fused-ring (bicyclic) bond motifs is 3. The zero-order chi connectivity index (χ0) is 34.3. The van der Waals surface area contributed by atoms with Crippen LogP contribution >= 0.6 is 0 Å². The molecule has 14 atom stereocenters. The first-order valence-electron chi connectivity index (χ1n) is 15.9. The molecular formula is C33H47NO13. The molecule has 0 radical (unpaired) electrons. The molecule has 14 nitrogen and oxygen atoms in total. The molecule has 8 N–H and O–H groups in total. The van der Waals surface area contributed by atoms with Crippen LogP contribution < -0.4 is 5.73 Å². The Labute approximate surface area is 273 Å². The Balaban J connectivity index is 1.58. The van der Waals surface area contributed by atoms with Crippen molar-refractivity contribution >= 4 is 11.9 Å². The lowest BCUT2D eigenvalue weighted by Crippen LogP contribution is -2.61. The fourth-order valence-electron chi connectivity index (χ4n) is 6.00. The van der Waals surface area contributed by atoms with Crippen LogP contribution in [0.5, 0.6) is 0 Å². The number of carbonyl (C=O) groups is 2. The summed E-state index contributed by atoms with van der Waals surface area (Å²) in [5.74, 6) is -5.45. The molecule has 0 spiro atoms. The van der Waals surface area contributed by atoms with E-state index in [-0.39, 0.29) is 25.4 Å². The second-order valence-electron chi connectivity index (χ2n) is 12.6. The van der Waals surface area contributed by atoms with Gasteiger partial charge in [-0.3, -0.25) is 4.79 Å². The molecule has 262 valence electrons. The van der Waals surface area contributed by atoms with Gasteiger partial charge >= 0.3 is 11.9 Å². The van der Waals surface area contributed by atoms with Crippen LogP contribution in [-0.4, -0.2) is 122 Å². The fourth-order valence-corrected chi connectivity index (χ4v) is 6.00. The SMILES string of the molecule is C[C@@H]1C/C=C/C=C/C=C/C=C/[C@H](O[C@@H]2O[C@H](C)[C@H](O)[C@H](N)[C@@H]2O)C[C@H]2O[C@@](O)(C[C@H](O)C[C@@H]3O[C@H]3/C=C/C(=O)O1)C[C@@H](O)[C@@H]2C(=O)O. The van der Waals surface area contributed by atoms with E-state index in [0.29, 0.717) is 6.42 Å². The van der Waals surface area contributed by atoms with Crippen molar-refractivity contribution in [3.63, 3.8) is 0 Å². The third-order valence-corrected chi connectivity index (χ3v) is 8.58. The van der Waals surface area contributed by atoms with Gasteiger partial charge in [-0.05, 0) is 19.9 Å². The van der Waals surface area contributed by atoms with Crippen molar-refractivity contribution in [2.75, 3.05) is 0 Å². The van der Waals surface area contributed by atoms with Gasteiger partial charge in [0.05, 0.1) is 48.8 Å². The second kappa shape index (κ2) is 16.6. The molecule has 4 rings (SSSR count). The van der Waals surface area contributed by atoms with Crippen LogP contribution in [0.15, 0.2) is 60.8 Å². The summed E-state index contributed by atoms with van der Waals surface area (Å²) < 4.78 is 28.5. The van der Waals surface area contributed by atoms with Crippen LogP contribution in [0, 0.1) is 5.92 Å². The summed E-state index contributed by atoms with van der Waals surface area (Å²) >= 11 is 0. The number of nitrogens with two attached hydrogens (primary N) is 1. The van der Waals surface area contributed by atoms with E-state index in [4.69, 9.17) is 29.4 Å². The number of carboxylic acids is 1. The minimum atomic E-state index is -2.10. The zero-order valence-corrected chi connectivity index (χ0v) is 26.4. The molecule has 3 fully saturated rings. The predicted octanol–water partition coefficient (Wildman–Crippen LogP) is 0.120. The number of esters is 1. The van der Waals surface area contributed by atoms with E-state index >= 15 is 0 Å². The molecular weight excluding hydrogens is 618 g/mol. The van der Waals surface area contributed by atoms with Gasteiger partial charge in [-0.2, -0.15) is 0 Å². The second-order valence-corrected chi connectivity index (χ2v) is 12.6. The molecule has 0 amide bonds. The number of aliphatic hydroxyl groups excluding tert-OH is 4. The van der Waals surface area contributed by atoms with E-state index < -0.39 is 97.3 Å². The van der Waals surface area contributed by atoms with Gasteiger partial charge in [-0.15, -0.1) is 0 Å². The van der Waals surface area contributed by atoms with Crippen LogP contribution in [0.4, 0.5) is 0 Å². The molecule has 4 aliphatic heterocycles. The Bertz CT molecular complexity index is 1220. The highest BCUT2D eigenvalue weighted by Gasteiger charge is 2.51. The minimum absolute atomic E-state index is 0.0789. The maximum Gasteiger partial charge on any atom is 0.330 e. The number of rotatable bonds is 3. The van der Waals surface area contributed by atoms with Gasteiger partial charge in [-0.1, -0.05) is 48.6 Å². The molecule has 0 unspecified atom stereocenters. The molecule has 0 aromatic carbocycles. The number of carbonyl (C=O) groups excluding carboxylic acids is 1. The highest BCUT2D eigenvalue weighted by molar-refractivity contribution is 5.82. The lowest BCUT2D eigenvalue weighted by Gasteiger charge is -2.45. The molecule has 2 bridgehead atoms. The van der Waals surface area contributed by atoms with Crippen LogP contribution in [0.3, 0.4) is 0 Å². The Morgan fingerprint density at radius 1 is 0.936 bits per heavy atom. The molecule has 4 aliphatic rings. The fraction of sp³-hybridized carbons (Fsp3) is 0.636. The molecule has 0 aromatic heterocycles. The molecule has 3 saturated heterocycles. The molecule has 0 saturated carbocycles. The van der Waals surface area contributed by atoms with Crippen molar-refractivity contribution in [1.82, 2.24) is 0 Å². The van der Waals surface area contributed by atoms with Crippen molar-refractivity contribution in [3.05, 3.63) is 60.8 Å². The number of epoxide rings is 1. The predicted molar refractivity (Wildman–Crippen MR) is 165 cm³/mol. The normalized spacial score (nSPS) is 47.2. The monoisotopic (exact) mass is 665 g/mol. The number of hydrogen-bond donors (Lipinski definition) is 7. The van der Waals surface area contributed by atoms with Gasteiger partial charge in [0.2, 0.25) is 0 Å². The Morgan fingerprint density at radius 2 is 1.64 bits per heavy atom. The van der Waals surface area contributed by atoms with Crippen LogP contribution in [0.25, 0.3) is 0 Å². The topological polar surface area (TPSA) is 231 Å². The lowest BCUT2D eigenvalue weighted by atomic mass is 9.83. The first kappa shape index (κ1) is 37.1. The number of cyclic esters (lactones) is 1. The summed E-state index contributed by atoms with van der Waals surface area (Å²) in [4.78, 5) is 24.4. The highest BCUT2D eigenvalue weighted by Crippen LogP contribution is 2.39. The van der Waals surface area contributed by atoms with Crippen LogP contribution in [0.2, 0.25) is 0 Å². The molecule has 14 heteroatoms. The average molecular weight is 666 g/mol. The van der Waals surface area contributed by atoms with E-state index in [9.17, 15) is 40.2 Å². The lowest BCUT2D eigenvalue weighted by molar-refractivity contribution is -0.308. The summed E-state index contributed by atoms with van der Waals surface area (Å²) in [6.07, 6.45) is 5.25. The van der Waals surface area contributed by atoms with Gasteiger partial charge in [-0.25, -0.2) is 4.79 Å². The number of aliphatic carboxylic acids is 1. The third kappa shape index (κ3) is 10.6. The molecule has 0 aromatic rings. The summed E-state index contributed by atoms with van der Waals surface area (Å²) in [5.41, 5.74) is 5.98. The van der Waals surface area contributed by atoms with Crippen molar-refractivity contribution < 1.29 is 63.9 Å². The number of allylic oxidation sites excluding steroid dienone is 6. The van der Waals surface area contributed by atoms with Crippen LogP contribution in [0.1, 0.15) is 46.0 Å². The standard InChI is InChI=1S/C33H47NO13/c1-18-10-8-6-4-3-5-7-9-11-21(45-32-30(39)28(34)29(38)19(2)44-32)15-25-27(31(40)41)22(36)17-33(42,47-25)16-20(35)14-24-23(46-24)12-13-26(37)43-18/h3-9,11-13,18-25,27-30,32,35-36,38-39,42H,10,14-17,34H2,1-2H3,(H,40,41)/b4-3+,7-5+,8-6+,11-9+,13-12+/t18-,19-,20-,21+,22-,23+,24+,25-,27+,28+,29+,30+,32+,33+/m1/s1. The van der Waals surface area contributed by atoms with Gasteiger partial charge in [0, 0.05) is 38.2 Å². The highest BCUT2D eigenvalue weighted by atomic mass is 16.7. The van der Waals surface area contributed by atoms with Gasteiger partial charge < -0.3 is 60.1 Å². The Morgan fingerprint density at radius 3 is 2.36 bits per heavy atom. The summed E-state index contributed by atoms with van der Waals surface area (Å²) in [7, 11) is 0. The van der Waals surface area contributed by atoms with Crippen molar-refractivity contribution in [2.45, 2.75) is 125 Å². The van der Waals surface area contributed by atoms with Gasteiger partial charge in [0.25, 0.3) is 0 Å². The average Bonchev–Trinajstić information content (AvgIpc) is 3.72.